The Morgan fingerprint density at radius 2 is 1.50 bits per heavy atom. The first-order valence-corrected chi connectivity index (χ1v) is 13.0. The van der Waals surface area contributed by atoms with Crippen LogP contribution in [-0.4, -0.2) is 25.2 Å². The molecule has 0 heterocycles. The smallest absolute Gasteiger partial charge is 0.243 e. The van der Waals surface area contributed by atoms with E-state index in [4.69, 9.17) is 11.6 Å². The lowest BCUT2D eigenvalue weighted by Crippen LogP contribution is -2.41. The van der Waals surface area contributed by atoms with Crippen LogP contribution in [0.25, 0.3) is 0 Å². The molecule has 1 N–H and O–H groups in total. The largest absolute Gasteiger partial charge is 0.348 e. The third-order valence-corrected chi connectivity index (χ3v) is 8.04. The molecule has 0 aliphatic carbocycles. The van der Waals surface area contributed by atoms with E-state index in [-0.39, 0.29) is 29.9 Å². The monoisotopic (exact) mass is 498 g/mol. The van der Waals surface area contributed by atoms with E-state index in [1.54, 1.807) is 0 Å². The maximum absolute atomic E-state index is 13.4. The van der Waals surface area contributed by atoms with Gasteiger partial charge in [-0.2, -0.15) is 4.31 Å². The highest BCUT2D eigenvalue weighted by Gasteiger charge is 2.27. The van der Waals surface area contributed by atoms with E-state index >= 15 is 0 Å². The number of aryl methyl sites for hydroxylation is 4. The standard InChI is InChI=1S/C27H31ClN2O3S/c1-18-6-8-23(9-7-18)16-30(34(32,33)25-12-10-24(28)11-13-25)17-27(31)29-22(5)26-15-20(3)19(2)14-21(26)4/h6-15,22H,16-17H2,1-5H3,(H,29,31)/t22-/m1/s1. The fourth-order valence-corrected chi connectivity index (χ4v) is 5.36. The fourth-order valence-electron chi connectivity index (χ4n) is 3.85. The summed E-state index contributed by atoms with van der Waals surface area (Å²) >= 11 is 5.95. The molecule has 0 aliphatic heterocycles. The van der Waals surface area contributed by atoms with Crippen molar-refractivity contribution >= 4 is 27.5 Å². The molecule has 0 bridgehead atoms. The van der Waals surface area contributed by atoms with Gasteiger partial charge in [-0.1, -0.05) is 53.6 Å². The lowest BCUT2D eigenvalue weighted by molar-refractivity contribution is -0.122. The first-order valence-electron chi connectivity index (χ1n) is 11.2. The Bertz CT molecular complexity index is 1270. The number of nitrogens with one attached hydrogen (secondary N) is 1. The number of hydrogen-bond donors (Lipinski definition) is 1. The highest BCUT2D eigenvalue weighted by molar-refractivity contribution is 7.89. The second kappa shape index (κ2) is 10.7. The van der Waals surface area contributed by atoms with Gasteiger partial charge in [0, 0.05) is 11.6 Å². The summed E-state index contributed by atoms with van der Waals surface area (Å²) in [5.74, 6) is -0.366. The van der Waals surface area contributed by atoms with Gasteiger partial charge in [-0.05, 0) is 86.7 Å². The van der Waals surface area contributed by atoms with Crippen LogP contribution >= 0.6 is 11.6 Å². The molecule has 34 heavy (non-hydrogen) atoms. The predicted molar refractivity (Wildman–Crippen MR) is 137 cm³/mol. The second-order valence-corrected chi connectivity index (χ2v) is 11.2. The van der Waals surface area contributed by atoms with Crippen LogP contribution < -0.4 is 5.32 Å². The van der Waals surface area contributed by atoms with Gasteiger partial charge in [0.2, 0.25) is 15.9 Å². The predicted octanol–water partition coefficient (Wildman–Crippen LogP) is 5.64. The first kappa shape index (κ1) is 25.9. The third-order valence-electron chi connectivity index (χ3n) is 5.98. The van der Waals surface area contributed by atoms with Crippen molar-refractivity contribution in [2.45, 2.75) is 52.1 Å². The van der Waals surface area contributed by atoms with Gasteiger partial charge in [-0.25, -0.2) is 8.42 Å². The third kappa shape index (κ3) is 6.26. The molecule has 3 aromatic carbocycles. The number of benzene rings is 3. The molecule has 0 saturated carbocycles. The summed E-state index contributed by atoms with van der Waals surface area (Å²) < 4.78 is 28.1. The number of sulfonamides is 1. The van der Waals surface area contributed by atoms with Crippen LogP contribution in [0.2, 0.25) is 5.02 Å². The summed E-state index contributed by atoms with van der Waals surface area (Å²) in [5, 5.41) is 3.42. The molecule has 1 amide bonds. The summed E-state index contributed by atoms with van der Waals surface area (Å²) in [5.41, 5.74) is 6.31. The zero-order valence-corrected chi connectivity index (χ0v) is 21.8. The molecule has 180 valence electrons. The van der Waals surface area contributed by atoms with E-state index in [0.717, 1.165) is 27.8 Å². The second-order valence-electron chi connectivity index (χ2n) is 8.79. The van der Waals surface area contributed by atoms with Crippen LogP contribution in [0.4, 0.5) is 0 Å². The maximum atomic E-state index is 13.4. The van der Waals surface area contributed by atoms with Gasteiger partial charge >= 0.3 is 0 Å². The van der Waals surface area contributed by atoms with Gasteiger partial charge < -0.3 is 5.32 Å². The van der Waals surface area contributed by atoms with Crippen molar-refractivity contribution in [3.8, 4) is 0 Å². The Morgan fingerprint density at radius 3 is 2.12 bits per heavy atom. The minimum atomic E-state index is -3.93. The van der Waals surface area contributed by atoms with Crippen LogP contribution in [0, 0.1) is 27.7 Å². The number of amides is 1. The van der Waals surface area contributed by atoms with Crippen LogP contribution in [-0.2, 0) is 21.4 Å². The van der Waals surface area contributed by atoms with Gasteiger partial charge in [-0.3, -0.25) is 4.79 Å². The minimum absolute atomic E-state index is 0.0791. The van der Waals surface area contributed by atoms with Gasteiger partial charge in [0.15, 0.2) is 0 Å². The highest BCUT2D eigenvalue weighted by atomic mass is 35.5. The average Bonchev–Trinajstić information content (AvgIpc) is 2.77. The number of nitrogens with zero attached hydrogens (tertiary/aromatic N) is 1. The van der Waals surface area contributed by atoms with Crippen LogP contribution in [0.3, 0.4) is 0 Å². The Kier molecular flexibility index (Phi) is 8.18. The lowest BCUT2D eigenvalue weighted by atomic mass is 9.96. The van der Waals surface area contributed by atoms with E-state index in [0.29, 0.717) is 5.02 Å². The quantitative estimate of drug-likeness (QED) is 0.437. The Hall–Kier alpha value is -2.67. The number of halogens is 1. The minimum Gasteiger partial charge on any atom is -0.348 e. The number of rotatable bonds is 8. The van der Waals surface area contributed by atoms with Crippen molar-refractivity contribution < 1.29 is 13.2 Å². The van der Waals surface area contributed by atoms with Gasteiger partial charge in [0.1, 0.15) is 0 Å². The van der Waals surface area contributed by atoms with Gasteiger partial charge in [0.05, 0.1) is 17.5 Å². The fraction of sp³-hybridized carbons (Fsp3) is 0.296. The Morgan fingerprint density at radius 1 is 0.912 bits per heavy atom. The van der Waals surface area contributed by atoms with Crippen molar-refractivity contribution in [3.63, 3.8) is 0 Å². The molecular weight excluding hydrogens is 468 g/mol. The molecule has 1 atom stereocenters. The van der Waals surface area contributed by atoms with E-state index in [2.05, 4.69) is 24.4 Å². The first-order chi connectivity index (χ1) is 16.0. The van der Waals surface area contributed by atoms with Crippen molar-refractivity contribution in [3.05, 3.63) is 99.1 Å². The Labute approximate surface area is 207 Å². The summed E-state index contributed by atoms with van der Waals surface area (Å²) in [6.07, 6.45) is 0. The molecule has 0 spiro atoms. The maximum Gasteiger partial charge on any atom is 0.243 e. The number of carbonyl (C=O) groups is 1. The molecule has 7 heteroatoms. The SMILES string of the molecule is Cc1ccc(CN(CC(=O)N[C@H](C)c2cc(C)c(C)cc2C)S(=O)(=O)c2ccc(Cl)cc2)cc1. The number of carbonyl (C=O) groups excluding carboxylic acids is 1. The molecule has 0 aromatic heterocycles. The zero-order valence-electron chi connectivity index (χ0n) is 20.2. The molecule has 0 aliphatic rings. The number of hydrogen-bond acceptors (Lipinski definition) is 3. The van der Waals surface area contributed by atoms with Crippen LogP contribution in [0.1, 0.15) is 46.3 Å². The highest BCUT2D eigenvalue weighted by Crippen LogP contribution is 2.23. The van der Waals surface area contributed by atoms with E-state index in [1.807, 2.05) is 52.0 Å². The molecule has 0 saturated heterocycles. The Balaban J connectivity index is 1.85. The van der Waals surface area contributed by atoms with Crippen molar-refractivity contribution in [1.82, 2.24) is 9.62 Å². The van der Waals surface area contributed by atoms with E-state index < -0.39 is 10.0 Å². The van der Waals surface area contributed by atoms with Gasteiger partial charge in [0.25, 0.3) is 0 Å². The van der Waals surface area contributed by atoms with Gasteiger partial charge in [-0.15, -0.1) is 0 Å². The van der Waals surface area contributed by atoms with E-state index in [1.165, 1.54) is 34.1 Å². The molecule has 5 nitrogen and oxygen atoms in total. The molecule has 0 unspecified atom stereocenters. The summed E-state index contributed by atoms with van der Waals surface area (Å²) in [6.45, 7) is 9.76. The van der Waals surface area contributed by atoms with Crippen LogP contribution in [0.5, 0.6) is 0 Å². The lowest BCUT2D eigenvalue weighted by Gasteiger charge is -2.24. The molecule has 0 radical (unpaired) electrons. The summed E-state index contributed by atoms with van der Waals surface area (Å²) in [7, 11) is -3.93. The molecule has 3 aromatic rings. The summed E-state index contributed by atoms with van der Waals surface area (Å²) in [6, 6.07) is 17.5. The van der Waals surface area contributed by atoms with Crippen molar-refractivity contribution in [2.24, 2.45) is 0 Å². The van der Waals surface area contributed by atoms with Crippen molar-refractivity contribution in [2.75, 3.05) is 6.54 Å². The summed E-state index contributed by atoms with van der Waals surface area (Å²) in [4.78, 5) is 13.1. The van der Waals surface area contributed by atoms with E-state index in [9.17, 15) is 13.2 Å². The normalized spacial score (nSPS) is 12.6. The molecular formula is C27H31ClN2O3S. The molecule has 0 fully saturated rings. The topological polar surface area (TPSA) is 66.5 Å². The molecule has 3 rings (SSSR count). The van der Waals surface area contributed by atoms with Crippen molar-refractivity contribution in [1.29, 1.82) is 0 Å². The average molecular weight is 499 g/mol. The zero-order chi connectivity index (χ0) is 25.0. The van der Waals surface area contributed by atoms with Crippen LogP contribution in [0.15, 0.2) is 65.6 Å².